The Kier molecular flexibility index (Phi) is 8.07. The highest BCUT2D eigenvalue weighted by molar-refractivity contribution is 7.99. The number of hydrogen-bond donors (Lipinski definition) is 2. The topological polar surface area (TPSA) is 66.4 Å². The molecule has 0 heterocycles. The Morgan fingerprint density at radius 2 is 2.00 bits per heavy atom. The average molecular weight is 247 g/mol. The zero-order chi connectivity index (χ0) is 12.6. The number of thioether (sulfide) groups is 1. The molecule has 4 nitrogen and oxygen atoms in total. The zero-order valence-electron chi connectivity index (χ0n) is 10.2. The third kappa shape index (κ3) is 6.71. The Labute approximate surface area is 101 Å². The molecule has 0 spiro atoms. The van der Waals surface area contributed by atoms with Crippen LogP contribution in [-0.4, -0.2) is 34.5 Å². The SMILES string of the molecule is CCCCSCC(=O)N[C@@H](C(=O)O)C(C)C. The summed E-state index contributed by atoms with van der Waals surface area (Å²) in [5, 5.41) is 11.4. The minimum absolute atomic E-state index is 0.0953. The fraction of sp³-hybridized carbons (Fsp3) is 0.818. The van der Waals surface area contributed by atoms with Crippen LogP contribution in [0.25, 0.3) is 0 Å². The van der Waals surface area contributed by atoms with Crippen LogP contribution in [0.2, 0.25) is 0 Å². The van der Waals surface area contributed by atoms with Crippen molar-refractivity contribution in [2.24, 2.45) is 5.92 Å². The second-order valence-electron chi connectivity index (χ2n) is 4.03. The predicted octanol–water partition coefficient (Wildman–Crippen LogP) is 1.75. The van der Waals surface area contributed by atoms with Gasteiger partial charge in [0, 0.05) is 0 Å². The highest BCUT2D eigenvalue weighted by atomic mass is 32.2. The maximum Gasteiger partial charge on any atom is 0.326 e. The van der Waals surface area contributed by atoms with Crippen molar-refractivity contribution in [1.82, 2.24) is 5.32 Å². The van der Waals surface area contributed by atoms with E-state index in [9.17, 15) is 9.59 Å². The minimum atomic E-state index is -0.970. The predicted molar refractivity (Wildman–Crippen MR) is 66.6 cm³/mol. The van der Waals surface area contributed by atoms with E-state index in [0.29, 0.717) is 5.75 Å². The Morgan fingerprint density at radius 3 is 2.44 bits per heavy atom. The molecule has 5 heteroatoms. The van der Waals surface area contributed by atoms with Crippen molar-refractivity contribution in [3.63, 3.8) is 0 Å². The van der Waals surface area contributed by atoms with Gasteiger partial charge in [0.2, 0.25) is 5.91 Å². The van der Waals surface area contributed by atoms with E-state index in [2.05, 4.69) is 12.2 Å². The molecule has 94 valence electrons. The molecule has 0 aromatic carbocycles. The maximum atomic E-state index is 11.4. The summed E-state index contributed by atoms with van der Waals surface area (Å²) in [5.41, 5.74) is 0. The van der Waals surface area contributed by atoms with E-state index in [1.807, 2.05) is 0 Å². The third-order valence-electron chi connectivity index (χ3n) is 2.12. The number of unbranched alkanes of at least 4 members (excludes halogenated alkanes) is 1. The summed E-state index contributed by atoms with van der Waals surface area (Å²) in [6, 6.07) is -0.778. The van der Waals surface area contributed by atoms with Crippen molar-refractivity contribution < 1.29 is 14.7 Å². The molecule has 16 heavy (non-hydrogen) atoms. The Balaban J connectivity index is 3.87. The van der Waals surface area contributed by atoms with Crippen molar-refractivity contribution in [1.29, 1.82) is 0 Å². The number of carboxylic acid groups (broad SMARTS) is 1. The Hall–Kier alpha value is -0.710. The van der Waals surface area contributed by atoms with Crippen molar-refractivity contribution in [2.75, 3.05) is 11.5 Å². The largest absolute Gasteiger partial charge is 0.480 e. The van der Waals surface area contributed by atoms with Crippen molar-refractivity contribution in [3.8, 4) is 0 Å². The molecule has 0 aromatic heterocycles. The van der Waals surface area contributed by atoms with Crippen molar-refractivity contribution in [3.05, 3.63) is 0 Å². The summed E-state index contributed by atoms with van der Waals surface area (Å²) in [6.07, 6.45) is 2.20. The molecule has 1 amide bonds. The monoisotopic (exact) mass is 247 g/mol. The van der Waals surface area contributed by atoms with E-state index in [1.54, 1.807) is 25.6 Å². The number of aliphatic carboxylic acids is 1. The number of amides is 1. The standard InChI is InChI=1S/C11H21NO3S/c1-4-5-6-16-7-9(13)12-10(8(2)3)11(14)15/h8,10H,4-7H2,1-3H3,(H,12,13)(H,14,15)/t10-/m1/s1. The van der Waals surface area contributed by atoms with E-state index in [1.165, 1.54) is 0 Å². The molecular weight excluding hydrogens is 226 g/mol. The van der Waals surface area contributed by atoms with Crippen LogP contribution in [0.4, 0.5) is 0 Å². The lowest BCUT2D eigenvalue weighted by molar-refractivity contribution is -0.142. The quantitative estimate of drug-likeness (QED) is 0.641. The molecule has 1 atom stereocenters. The summed E-state index contributed by atoms with van der Waals surface area (Å²) in [6.45, 7) is 5.66. The number of nitrogens with one attached hydrogen (secondary N) is 1. The Morgan fingerprint density at radius 1 is 1.38 bits per heavy atom. The van der Waals surface area contributed by atoms with Gasteiger partial charge in [-0.05, 0) is 18.1 Å². The summed E-state index contributed by atoms with van der Waals surface area (Å²) in [4.78, 5) is 22.3. The number of carbonyl (C=O) groups is 2. The molecule has 2 N–H and O–H groups in total. The number of rotatable bonds is 8. The van der Waals surface area contributed by atoms with Crippen LogP contribution in [0.3, 0.4) is 0 Å². The first-order valence-electron chi connectivity index (χ1n) is 5.59. The second kappa shape index (κ2) is 8.44. The van der Waals surface area contributed by atoms with Gasteiger partial charge in [0.05, 0.1) is 5.75 Å². The van der Waals surface area contributed by atoms with E-state index in [0.717, 1.165) is 18.6 Å². The van der Waals surface area contributed by atoms with Gasteiger partial charge in [0.25, 0.3) is 0 Å². The van der Waals surface area contributed by atoms with Gasteiger partial charge in [-0.15, -0.1) is 0 Å². The van der Waals surface area contributed by atoms with Gasteiger partial charge < -0.3 is 10.4 Å². The minimum Gasteiger partial charge on any atom is -0.480 e. The van der Waals surface area contributed by atoms with Crippen molar-refractivity contribution in [2.45, 2.75) is 39.7 Å². The van der Waals surface area contributed by atoms with Gasteiger partial charge in [-0.1, -0.05) is 27.2 Å². The van der Waals surface area contributed by atoms with Crippen LogP contribution < -0.4 is 5.32 Å². The van der Waals surface area contributed by atoms with Gasteiger partial charge in [-0.3, -0.25) is 4.79 Å². The van der Waals surface area contributed by atoms with E-state index in [4.69, 9.17) is 5.11 Å². The summed E-state index contributed by atoms with van der Waals surface area (Å²) in [5.74, 6) is 0.0334. The smallest absolute Gasteiger partial charge is 0.326 e. The van der Waals surface area contributed by atoms with E-state index < -0.39 is 12.0 Å². The number of hydrogen-bond acceptors (Lipinski definition) is 3. The second-order valence-corrected chi connectivity index (χ2v) is 5.14. The van der Waals surface area contributed by atoms with Crippen LogP contribution in [-0.2, 0) is 9.59 Å². The fourth-order valence-electron chi connectivity index (χ4n) is 1.14. The van der Waals surface area contributed by atoms with Gasteiger partial charge in [-0.2, -0.15) is 11.8 Å². The molecule has 0 saturated carbocycles. The molecule has 0 aromatic rings. The van der Waals surface area contributed by atoms with Gasteiger partial charge in [0.15, 0.2) is 0 Å². The lowest BCUT2D eigenvalue weighted by Crippen LogP contribution is -2.45. The first-order valence-corrected chi connectivity index (χ1v) is 6.74. The highest BCUT2D eigenvalue weighted by Gasteiger charge is 2.22. The summed E-state index contributed by atoms with van der Waals surface area (Å²) < 4.78 is 0. The van der Waals surface area contributed by atoms with Crippen LogP contribution >= 0.6 is 11.8 Å². The lowest BCUT2D eigenvalue weighted by atomic mass is 10.1. The molecular formula is C11H21NO3S. The maximum absolute atomic E-state index is 11.4. The molecule has 0 bridgehead atoms. The normalized spacial score (nSPS) is 12.5. The van der Waals surface area contributed by atoms with Gasteiger partial charge in [-0.25, -0.2) is 4.79 Å². The highest BCUT2D eigenvalue weighted by Crippen LogP contribution is 2.06. The molecule has 0 radical (unpaired) electrons. The van der Waals surface area contributed by atoms with Crippen LogP contribution in [0.15, 0.2) is 0 Å². The molecule has 0 aliphatic rings. The molecule has 0 fully saturated rings. The summed E-state index contributed by atoms with van der Waals surface area (Å²) >= 11 is 1.55. The van der Waals surface area contributed by atoms with Crippen LogP contribution in [0.5, 0.6) is 0 Å². The molecule has 0 aliphatic carbocycles. The zero-order valence-corrected chi connectivity index (χ0v) is 11.0. The van der Waals surface area contributed by atoms with E-state index in [-0.39, 0.29) is 11.8 Å². The molecule has 0 rings (SSSR count). The first kappa shape index (κ1) is 15.3. The number of carboxylic acids is 1. The van der Waals surface area contributed by atoms with Gasteiger partial charge >= 0.3 is 5.97 Å². The van der Waals surface area contributed by atoms with Crippen LogP contribution in [0, 0.1) is 5.92 Å². The lowest BCUT2D eigenvalue weighted by Gasteiger charge is -2.17. The van der Waals surface area contributed by atoms with Gasteiger partial charge in [0.1, 0.15) is 6.04 Å². The first-order chi connectivity index (χ1) is 7.49. The number of carbonyl (C=O) groups excluding carboxylic acids is 1. The van der Waals surface area contributed by atoms with Crippen LogP contribution in [0.1, 0.15) is 33.6 Å². The average Bonchev–Trinajstić information content (AvgIpc) is 2.20. The molecule has 0 aliphatic heterocycles. The molecule has 0 unspecified atom stereocenters. The Bertz CT molecular complexity index is 231. The fourth-order valence-corrected chi connectivity index (χ4v) is 2.05. The summed E-state index contributed by atoms with van der Waals surface area (Å²) in [7, 11) is 0. The molecule has 0 saturated heterocycles. The van der Waals surface area contributed by atoms with Crippen molar-refractivity contribution >= 4 is 23.6 Å². The van der Waals surface area contributed by atoms with E-state index >= 15 is 0 Å². The third-order valence-corrected chi connectivity index (χ3v) is 3.17.